The first-order valence-electron chi connectivity index (χ1n) is 10.2. The van der Waals surface area contributed by atoms with E-state index in [1.54, 1.807) is 19.3 Å². The number of nitrogens with zero attached hydrogens (tertiary/aromatic N) is 4. The molecule has 8 heteroatoms. The summed E-state index contributed by atoms with van der Waals surface area (Å²) in [7, 11) is 1.64. The average molecular weight is 435 g/mol. The molecular formula is C24H23F2N5O. The van der Waals surface area contributed by atoms with Crippen molar-refractivity contribution >= 4 is 11.6 Å². The normalized spacial score (nSPS) is 11.2. The molecule has 0 bridgehead atoms. The van der Waals surface area contributed by atoms with Crippen LogP contribution in [-0.4, -0.2) is 25.2 Å². The minimum Gasteiger partial charge on any atom is -0.330 e. The Kier molecular flexibility index (Phi) is 5.85. The number of imidazole rings is 1. The zero-order valence-electron chi connectivity index (χ0n) is 18.0. The Morgan fingerprint density at radius 2 is 1.97 bits per heavy atom. The number of amides is 1. The van der Waals surface area contributed by atoms with E-state index in [1.807, 2.05) is 24.4 Å². The van der Waals surface area contributed by atoms with Crippen molar-refractivity contribution in [1.29, 1.82) is 0 Å². The summed E-state index contributed by atoms with van der Waals surface area (Å²) in [6, 6.07) is 10.7. The van der Waals surface area contributed by atoms with Gasteiger partial charge in [0.1, 0.15) is 23.2 Å². The summed E-state index contributed by atoms with van der Waals surface area (Å²) in [5, 5.41) is 7.07. The molecule has 0 aliphatic heterocycles. The van der Waals surface area contributed by atoms with Crippen LogP contribution >= 0.6 is 0 Å². The fraction of sp³-hybridized carbons (Fsp3) is 0.208. The highest BCUT2D eigenvalue weighted by Crippen LogP contribution is 2.26. The number of aryl methyl sites for hydroxylation is 1. The van der Waals surface area contributed by atoms with Crippen molar-refractivity contribution in [2.75, 3.05) is 5.32 Å². The first-order valence-corrected chi connectivity index (χ1v) is 10.2. The summed E-state index contributed by atoms with van der Waals surface area (Å²) in [6.45, 7) is 4.80. The van der Waals surface area contributed by atoms with Gasteiger partial charge in [-0.3, -0.25) is 9.48 Å². The Morgan fingerprint density at radius 1 is 1.16 bits per heavy atom. The van der Waals surface area contributed by atoms with Gasteiger partial charge >= 0.3 is 0 Å². The largest absolute Gasteiger partial charge is 0.330 e. The number of carbonyl (C=O) groups is 1. The lowest BCUT2D eigenvalue weighted by atomic mass is 10.1. The standard InChI is InChI=1S/C24H23F2N5O/c1-15(2)23-27-9-10-31(23)13-16-5-4-6-18(11-16)28-24(32)20-14-30(3)29-22(20)19-8-7-17(25)12-21(19)26/h4-12,14-15H,13H2,1-3H3,(H,28,32). The molecule has 2 heterocycles. The first kappa shape index (κ1) is 21.4. The van der Waals surface area contributed by atoms with Gasteiger partial charge in [0, 0.05) is 55.4 Å². The average Bonchev–Trinajstić information content (AvgIpc) is 3.35. The molecule has 0 aliphatic rings. The van der Waals surface area contributed by atoms with Crippen LogP contribution < -0.4 is 5.32 Å². The van der Waals surface area contributed by atoms with E-state index in [0.717, 1.165) is 23.5 Å². The quantitative estimate of drug-likeness (QED) is 0.464. The predicted octanol–water partition coefficient (Wildman–Crippen LogP) is 4.99. The van der Waals surface area contributed by atoms with Crippen LogP contribution in [0.25, 0.3) is 11.3 Å². The van der Waals surface area contributed by atoms with Gasteiger partial charge in [0.25, 0.3) is 5.91 Å². The summed E-state index contributed by atoms with van der Waals surface area (Å²) < 4.78 is 31.1. The number of carbonyl (C=O) groups excluding carboxylic acids is 1. The summed E-state index contributed by atoms with van der Waals surface area (Å²) in [6.07, 6.45) is 5.22. The van der Waals surface area contributed by atoms with Gasteiger partial charge in [-0.1, -0.05) is 26.0 Å². The molecule has 0 fully saturated rings. The molecule has 0 unspecified atom stereocenters. The SMILES string of the molecule is CC(C)c1nccn1Cc1cccc(NC(=O)c2cn(C)nc2-c2ccc(F)cc2F)c1. The van der Waals surface area contributed by atoms with Crippen molar-refractivity contribution in [3.8, 4) is 11.3 Å². The third-order valence-electron chi connectivity index (χ3n) is 5.06. The highest BCUT2D eigenvalue weighted by Gasteiger charge is 2.20. The molecule has 0 saturated carbocycles. The van der Waals surface area contributed by atoms with E-state index in [1.165, 1.54) is 16.9 Å². The molecule has 0 atom stereocenters. The number of halogens is 2. The molecule has 0 radical (unpaired) electrons. The molecule has 4 aromatic rings. The smallest absolute Gasteiger partial charge is 0.259 e. The Labute approximate surface area is 184 Å². The maximum atomic E-state index is 14.3. The Hall–Kier alpha value is -3.81. The molecule has 1 amide bonds. The molecular weight excluding hydrogens is 412 g/mol. The number of nitrogens with one attached hydrogen (secondary N) is 1. The van der Waals surface area contributed by atoms with E-state index in [0.29, 0.717) is 18.2 Å². The van der Waals surface area contributed by atoms with E-state index >= 15 is 0 Å². The third kappa shape index (κ3) is 4.44. The van der Waals surface area contributed by atoms with E-state index < -0.39 is 17.5 Å². The lowest BCUT2D eigenvalue weighted by molar-refractivity contribution is 0.102. The molecule has 0 aliphatic carbocycles. The number of aromatic nitrogens is 4. The van der Waals surface area contributed by atoms with Crippen LogP contribution in [0.3, 0.4) is 0 Å². The van der Waals surface area contributed by atoms with Crippen LogP contribution in [0.15, 0.2) is 61.1 Å². The second-order valence-electron chi connectivity index (χ2n) is 7.91. The van der Waals surface area contributed by atoms with Gasteiger partial charge in [0.05, 0.1) is 5.56 Å². The topological polar surface area (TPSA) is 64.7 Å². The predicted molar refractivity (Wildman–Crippen MR) is 118 cm³/mol. The summed E-state index contributed by atoms with van der Waals surface area (Å²) in [5.41, 5.74) is 2.01. The summed E-state index contributed by atoms with van der Waals surface area (Å²) in [5.74, 6) is -0.617. The fourth-order valence-corrected chi connectivity index (χ4v) is 3.63. The lowest BCUT2D eigenvalue weighted by Gasteiger charge is -2.12. The van der Waals surface area contributed by atoms with Gasteiger partial charge < -0.3 is 9.88 Å². The molecule has 2 aromatic heterocycles. The van der Waals surface area contributed by atoms with E-state index in [4.69, 9.17) is 0 Å². The van der Waals surface area contributed by atoms with Gasteiger partial charge in [0.15, 0.2) is 0 Å². The molecule has 32 heavy (non-hydrogen) atoms. The van der Waals surface area contributed by atoms with Gasteiger partial charge in [-0.05, 0) is 29.8 Å². The monoisotopic (exact) mass is 435 g/mol. The van der Waals surface area contributed by atoms with Crippen LogP contribution in [0.1, 0.15) is 41.5 Å². The Morgan fingerprint density at radius 3 is 2.72 bits per heavy atom. The fourth-order valence-electron chi connectivity index (χ4n) is 3.63. The maximum absolute atomic E-state index is 14.3. The van der Waals surface area contributed by atoms with E-state index in [9.17, 15) is 13.6 Å². The van der Waals surface area contributed by atoms with E-state index in [2.05, 4.69) is 33.8 Å². The maximum Gasteiger partial charge on any atom is 0.259 e. The van der Waals surface area contributed by atoms with Crippen LogP contribution in [0.2, 0.25) is 0 Å². The van der Waals surface area contributed by atoms with Crippen molar-refractivity contribution in [3.05, 3.63) is 89.6 Å². The van der Waals surface area contributed by atoms with Crippen molar-refractivity contribution < 1.29 is 13.6 Å². The minimum absolute atomic E-state index is 0.0622. The van der Waals surface area contributed by atoms with Crippen LogP contribution in [0.5, 0.6) is 0 Å². The van der Waals surface area contributed by atoms with Crippen LogP contribution in [0, 0.1) is 11.6 Å². The number of rotatable bonds is 6. The molecule has 2 aromatic carbocycles. The van der Waals surface area contributed by atoms with Crippen LogP contribution in [0.4, 0.5) is 14.5 Å². The highest BCUT2D eigenvalue weighted by atomic mass is 19.1. The van der Waals surface area contributed by atoms with Gasteiger partial charge in [-0.15, -0.1) is 0 Å². The Bertz CT molecular complexity index is 1280. The van der Waals surface area contributed by atoms with Gasteiger partial charge in [-0.25, -0.2) is 13.8 Å². The molecule has 4 rings (SSSR count). The zero-order chi connectivity index (χ0) is 22.8. The van der Waals surface area contributed by atoms with E-state index in [-0.39, 0.29) is 16.8 Å². The number of benzene rings is 2. The van der Waals surface area contributed by atoms with Crippen molar-refractivity contribution in [2.45, 2.75) is 26.3 Å². The van der Waals surface area contributed by atoms with Gasteiger partial charge in [-0.2, -0.15) is 5.10 Å². The lowest BCUT2D eigenvalue weighted by Crippen LogP contribution is -2.13. The number of hydrogen-bond acceptors (Lipinski definition) is 3. The second kappa shape index (κ2) is 8.74. The first-order chi connectivity index (χ1) is 15.3. The third-order valence-corrected chi connectivity index (χ3v) is 5.06. The second-order valence-corrected chi connectivity index (χ2v) is 7.91. The summed E-state index contributed by atoms with van der Waals surface area (Å²) in [4.78, 5) is 17.4. The number of anilines is 1. The van der Waals surface area contributed by atoms with Crippen molar-refractivity contribution in [2.24, 2.45) is 7.05 Å². The molecule has 164 valence electrons. The summed E-state index contributed by atoms with van der Waals surface area (Å²) >= 11 is 0. The highest BCUT2D eigenvalue weighted by molar-refractivity contribution is 6.08. The zero-order valence-corrected chi connectivity index (χ0v) is 18.0. The molecule has 1 N–H and O–H groups in total. The van der Waals surface area contributed by atoms with Crippen molar-refractivity contribution in [1.82, 2.24) is 19.3 Å². The van der Waals surface area contributed by atoms with Crippen LogP contribution in [-0.2, 0) is 13.6 Å². The van der Waals surface area contributed by atoms with Crippen molar-refractivity contribution in [3.63, 3.8) is 0 Å². The Balaban J connectivity index is 1.58. The number of hydrogen-bond donors (Lipinski definition) is 1. The van der Waals surface area contributed by atoms with Gasteiger partial charge in [0.2, 0.25) is 0 Å². The molecule has 0 saturated heterocycles. The minimum atomic E-state index is -0.777. The molecule has 0 spiro atoms. The molecule has 6 nitrogen and oxygen atoms in total.